The first-order valence-corrected chi connectivity index (χ1v) is 5.03. The molecule has 2 aliphatic rings. The molecule has 2 rings (SSSR count). The molecule has 0 aliphatic carbocycles. The minimum atomic E-state index is 0.943. The smallest absolute Gasteiger partial charge is 0.0124 e. The van der Waals surface area contributed by atoms with E-state index in [-0.39, 0.29) is 0 Å². The van der Waals surface area contributed by atoms with Crippen molar-refractivity contribution in [2.45, 2.75) is 39.2 Å². The first kappa shape index (κ1) is 7.60. The molecule has 0 aromatic heterocycles. The van der Waals surface area contributed by atoms with Crippen molar-refractivity contribution < 1.29 is 0 Å². The molecule has 2 fully saturated rings. The first-order chi connectivity index (χ1) is 5.29. The summed E-state index contributed by atoms with van der Waals surface area (Å²) in [5.74, 6) is 1.90. The van der Waals surface area contributed by atoms with Crippen molar-refractivity contribution in [2.24, 2.45) is 11.8 Å². The Morgan fingerprint density at radius 1 is 1.18 bits per heavy atom. The van der Waals surface area contributed by atoms with E-state index in [4.69, 9.17) is 0 Å². The van der Waals surface area contributed by atoms with E-state index in [0.29, 0.717) is 0 Å². The largest absolute Gasteiger partial charge is 0.300 e. The van der Waals surface area contributed by atoms with Crippen LogP contribution in [0.25, 0.3) is 0 Å². The zero-order valence-corrected chi connectivity index (χ0v) is 7.71. The van der Waals surface area contributed by atoms with Gasteiger partial charge in [0.2, 0.25) is 0 Å². The highest BCUT2D eigenvalue weighted by Gasteiger charge is 2.37. The molecule has 0 amide bonds. The van der Waals surface area contributed by atoms with Crippen LogP contribution >= 0.6 is 0 Å². The van der Waals surface area contributed by atoms with Crippen molar-refractivity contribution in [1.29, 1.82) is 0 Å². The van der Waals surface area contributed by atoms with Crippen LogP contribution in [0.3, 0.4) is 0 Å². The van der Waals surface area contributed by atoms with Crippen molar-refractivity contribution in [2.75, 3.05) is 13.1 Å². The fourth-order valence-corrected chi connectivity index (χ4v) is 2.75. The highest BCUT2D eigenvalue weighted by Crippen LogP contribution is 2.34. The highest BCUT2D eigenvalue weighted by atomic mass is 15.2. The third-order valence-electron chi connectivity index (χ3n) is 3.69. The highest BCUT2D eigenvalue weighted by molar-refractivity contribution is 4.90. The quantitative estimate of drug-likeness (QED) is 0.515. The monoisotopic (exact) mass is 153 g/mol. The molecule has 64 valence electrons. The molecule has 0 aromatic rings. The molecule has 0 spiro atoms. The molecule has 0 saturated carbocycles. The van der Waals surface area contributed by atoms with Gasteiger partial charge in [0, 0.05) is 12.6 Å². The van der Waals surface area contributed by atoms with E-state index in [9.17, 15) is 0 Å². The third kappa shape index (κ3) is 1.20. The van der Waals surface area contributed by atoms with E-state index in [1.54, 1.807) is 0 Å². The summed E-state index contributed by atoms with van der Waals surface area (Å²) in [5, 5.41) is 0. The lowest BCUT2D eigenvalue weighted by Crippen LogP contribution is -2.36. The summed E-state index contributed by atoms with van der Waals surface area (Å²) in [6, 6.07) is 0.943. The van der Waals surface area contributed by atoms with Gasteiger partial charge >= 0.3 is 0 Å². The average molecular weight is 153 g/mol. The van der Waals surface area contributed by atoms with Crippen LogP contribution in [0.4, 0.5) is 0 Å². The Morgan fingerprint density at radius 3 is 2.73 bits per heavy atom. The van der Waals surface area contributed by atoms with Crippen LogP contribution in [0, 0.1) is 11.8 Å². The summed E-state index contributed by atoms with van der Waals surface area (Å²) in [6.07, 6.45) is 4.37. The minimum absolute atomic E-state index is 0.943. The third-order valence-corrected chi connectivity index (χ3v) is 3.69. The molecule has 0 aromatic carbocycles. The molecule has 11 heavy (non-hydrogen) atoms. The van der Waals surface area contributed by atoms with Crippen LogP contribution in [0.15, 0.2) is 0 Å². The lowest BCUT2D eigenvalue weighted by molar-refractivity contribution is 0.177. The SMILES string of the molecule is CC1CN2CCCCC2C1C. The molecule has 2 saturated heterocycles. The predicted octanol–water partition coefficient (Wildman–Crippen LogP) is 2.13. The maximum atomic E-state index is 2.71. The van der Waals surface area contributed by atoms with Gasteiger partial charge in [-0.2, -0.15) is 0 Å². The van der Waals surface area contributed by atoms with E-state index in [1.807, 2.05) is 0 Å². The summed E-state index contributed by atoms with van der Waals surface area (Å²) in [5.41, 5.74) is 0. The maximum Gasteiger partial charge on any atom is 0.0124 e. The van der Waals surface area contributed by atoms with Crippen molar-refractivity contribution >= 4 is 0 Å². The Balaban J connectivity index is 2.05. The Bertz CT molecular complexity index is 144. The van der Waals surface area contributed by atoms with Crippen LogP contribution in [-0.2, 0) is 0 Å². The van der Waals surface area contributed by atoms with Gasteiger partial charge in [0.15, 0.2) is 0 Å². The predicted molar refractivity (Wildman–Crippen MR) is 47.5 cm³/mol. The number of nitrogens with zero attached hydrogens (tertiary/aromatic N) is 1. The fraction of sp³-hybridized carbons (Fsp3) is 1.00. The number of fused-ring (bicyclic) bond motifs is 1. The Labute approximate surface area is 69.8 Å². The van der Waals surface area contributed by atoms with Gasteiger partial charge in [-0.1, -0.05) is 20.3 Å². The van der Waals surface area contributed by atoms with E-state index >= 15 is 0 Å². The minimum Gasteiger partial charge on any atom is -0.300 e. The van der Waals surface area contributed by atoms with Gasteiger partial charge in [0.05, 0.1) is 0 Å². The van der Waals surface area contributed by atoms with E-state index in [0.717, 1.165) is 17.9 Å². The summed E-state index contributed by atoms with van der Waals surface area (Å²) < 4.78 is 0. The molecule has 2 aliphatic heterocycles. The first-order valence-electron chi connectivity index (χ1n) is 5.03. The van der Waals surface area contributed by atoms with Crippen molar-refractivity contribution in [1.82, 2.24) is 4.90 Å². The fourth-order valence-electron chi connectivity index (χ4n) is 2.75. The van der Waals surface area contributed by atoms with Crippen LogP contribution in [-0.4, -0.2) is 24.0 Å². The van der Waals surface area contributed by atoms with Crippen LogP contribution in [0.5, 0.6) is 0 Å². The average Bonchev–Trinajstić information content (AvgIpc) is 2.30. The van der Waals surface area contributed by atoms with Gasteiger partial charge in [-0.05, 0) is 31.2 Å². The van der Waals surface area contributed by atoms with Crippen LogP contribution in [0.2, 0.25) is 0 Å². The standard InChI is InChI=1S/C10H19N/c1-8-7-11-6-4-3-5-10(11)9(8)2/h8-10H,3-7H2,1-2H3. The lowest BCUT2D eigenvalue weighted by Gasteiger charge is -2.31. The second kappa shape index (κ2) is 2.78. The van der Waals surface area contributed by atoms with Gasteiger partial charge < -0.3 is 0 Å². The number of piperidine rings is 1. The zero-order valence-electron chi connectivity index (χ0n) is 7.71. The normalized spacial score (nSPS) is 45.8. The molecule has 3 atom stereocenters. The van der Waals surface area contributed by atoms with Crippen molar-refractivity contribution in [3.05, 3.63) is 0 Å². The van der Waals surface area contributed by atoms with Gasteiger partial charge in [-0.25, -0.2) is 0 Å². The van der Waals surface area contributed by atoms with Crippen molar-refractivity contribution in [3.8, 4) is 0 Å². The van der Waals surface area contributed by atoms with Gasteiger partial charge in [0.25, 0.3) is 0 Å². The van der Waals surface area contributed by atoms with Gasteiger partial charge in [0.1, 0.15) is 0 Å². The second-order valence-electron chi connectivity index (χ2n) is 4.39. The topological polar surface area (TPSA) is 3.24 Å². The molecule has 1 heteroatoms. The molecule has 3 unspecified atom stereocenters. The Morgan fingerprint density at radius 2 is 2.00 bits per heavy atom. The van der Waals surface area contributed by atoms with E-state index in [2.05, 4.69) is 18.7 Å². The molecule has 0 N–H and O–H groups in total. The van der Waals surface area contributed by atoms with Gasteiger partial charge in [-0.3, -0.25) is 4.90 Å². The Hall–Kier alpha value is -0.0400. The van der Waals surface area contributed by atoms with E-state index < -0.39 is 0 Å². The molecule has 2 heterocycles. The summed E-state index contributed by atoms with van der Waals surface area (Å²) in [6.45, 7) is 7.58. The van der Waals surface area contributed by atoms with Crippen LogP contribution < -0.4 is 0 Å². The molecule has 0 radical (unpaired) electrons. The van der Waals surface area contributed by atoms with Crippen molar-refractivity contribution in [3.63, 3.8) is 0 Å². The molecule has 1 nitrogen and oxygen atoms in total. The number of hydrogen-bond acceptors (Lipinski definition) is 1. The second-order valence-corrected chi connectivity index (χ2v) is 4.39. The molecular weight excluding hydrogens is 134 g/mol. The maximum absolute atomic E-state index is 2.71. The summed E-state index contributed by atoms with van der Waals surface area (Å²) in [4.78, 5) is 2.71. The zero-order chi connectivity index (χ0) is 7.84. The summed E-state index contributed by atoms with van der Waals surface area (Å²) >= 11 is 0. The van der Waals surface area contributed by atoms with Crippen LogP contribution in [0.1, 0.15) is 33.1 Å². The molecule has 0 bridgehead atoms. The lowest BCUT2D eigenvalue weighted by atomic mass is 9.90. The van der Waals surface area contributed by atoms with Gasteiger partial charge in [-0.15, -0.1) is 0 Å². The number of rotatable bonds is 0. The summed E-state index contributed by atoms with van der Waals surface area (Å²) in [7, 11) is 0. The number of hydrogen-bond donors (Lipinski definition) is 0. The van der Waals surface area contributed by atoms with E-state index in [1.165, 1.54) is 32.4 Å². The molecular formula is C10H19N. The Kier molecular flexibility index (Phi) is 1.92.